The summed E-state index contributed by atoms with van der Waals surface area (Å²) in [7, 11) is 0. The number of nitrogens with one attached hydrogen (secondary N) is 1. The van der Waals surface area contributed by atoms with E-state index in [-0.39, 0.29) is 23.9 Å². The molecule has 1 fully saturated rings. The first-order valence-corrected chi connectivity index (χ1v) is 6.62. The van der Waals surface area contributed by atoms with E-state index < -0.39 is 0 Å². The summed E-state index contributed by atoms with van der Waals surface area (Å²) in [5.74, 6) is 0.942. The molecule has 0 aromatic rings. The fourth-order valence-electron chi connectivity index (χ4n) is 2.41. The van der Waals surface area contributed by atoms with Gasteiger partial charge in [0, 0.05) is 6.04 Å². The summed E-state index contributed by atoms with van der Waals surface area (Å²) in [5, 5.41) is 3.07. The fourth-order valence-corrected chi connectivity index (χ4v) is 2.41. The van der Waals surface area contributed by atoms with Crippen LogP contribution in [0.25, 0.3) is 0 Å². The second-order valence-electron chi connectivity index (χ2n) is 5.25. The molecule has 3 N–H and O–H groups in total. The molecule has 0 bridgehead atoms. The number of hydrogen-bond donors (Lipinski definition) is 2. The van der Waals surface area contributed by atoms with E-state index in [9.17, 15) is 4.79 Å². The van der Waals surface area contributed by atoms with Crippen molar-refractivity contribution >= 4 is 5.91 Å². The third-order valence-electron chi connectivity index (χ3n) is 4.04. The minimum Gasteiger partial charge on any atom is -0.352 e. The van der Waals surface area contributed by atoms with Crippen molar-refractivity contribution in [2.24, 2.45) is 17.6 Å². The molecule has 3 unspecified atom stereocenters. The smallest absolute Gasteiger partial charge is 0.237 e. The van der Waals surface area contributed by atoms with Crippen LogP contribution in [0.5, 0.6) is 0 Å². The largest absolute Gasteiger partial charge is 0.352 e. The molecule has 1 saturated carbocycles. The highest BCUT2D eigenvalue weighted by molar-refractivity contribution is 5.82. The van der Waals surface area contributed by atoms with E-state index in [1.807, 2.05) is 6.92 Å². The topological polar surface area (TPSA) is 55.1 Å². The predicted molar refractivity (Wildman–Crippen MR) is 67.0 cm³/mol. The zero-order valence-corrected chi connectivity index (χ0v) is 10.8. The lowest BCUT2D eigenvalue weighted by atomic mass is 9.96. The van der Waals surface area contributed by atoms with Crippen LogP contribution in [0.1, 0.15) is 52.9 Å². The predicted octanol–water partition coefficient (Wildman–Crippen LogP) is 2.05. The van der Waals surface area contributed by atoms with E-state index in [2.05, 4.69) is 19.2 Å². The lowest BCUT2D eigenvalue weighted by molar-refractivity contribution is -0.124. The first-order valence-electron chi connectivity index (χ1n) is 6.62. The Morgan fingerprint density at radius 2 is 1.94 bits per heavy atom. The van der Waals surface area contributed by atoms with Crippen molar-refractivity contribution in [2.45, 2.75) is 65.0 Å². The molecular formula is C13H26N2O. The average molecular weight is 226 g/mol. The Kier molecular flexibility index (Phi) is 5.26. The van der Waals surface area contributed by atoms with Crippen LogP contribution in [-0.4, -0.2) is 18.0 Å². The molecule has 0 heterocycles. The molecule has 0 aromatic heterocycles. The number of nitrogens with two attached hydrogens (primary N) is 1. The van der Waals surface area contributed by atoms with E-state index in [0.717, 1.165) is 6.42 Å². The highest BCUT2D eigenvalue weighted by Gasteiger charge is 2.26. The minimum absolute atomic E-state index is 0.0220. The quantitative estimate of drug-likeness (QED) is 0.754. The van der Waals surface area contributed by atoms with Crippen molar-refractivity contribution in [2.75, 3.05) is 0 Å². The highest BCUT2D eigenvalue weighted by atomic mass is 16.2. The first-order chi connectivity index (χ1) is 7.56. The van der Waals surface area contributed by atoms with Gasteiger partial charge in [-0.2, -0.15) is 0 Å². The molecule has 0 saturated heterocycles. The van der Waals surface area contributed by atoms with Gasteiger partial charge in [-0.25, -0.2) is 0 Å². The Morgan fingerprint density at radius 3 is 2.44 bits per heavy atom. The van der Waals surface area contributed by atoms with Crippen molar-refractivity contribution < 1.29 is 4.79 Å². The van der Waals surface area contributed by atoms with Gasteiger partial charge >= 0.3 is 0 Å². The van der Waals surface area contributed by atoms with Crippen LogP contribution in [0.3, 0.4) is 0 Å². The summed E-state index contributed by atoms with van der Waals surface area (Å²) in [6, 6.07) is -0.0704. The Labute approximate surface area is 99.2 Å². The molecule has 1 amide bonds. The van der Waals surface area contributed by atoms with Gasteiger partial charge in [0.1, 0.15) is 0 Å². The molecule has 0 aromatic carbocycles. The first kappa shape index (κ1) is 13.5. The molecule has 0 aliphatic heterocycles. The van der Waals surface area contributed by atoms with Gasteiger partial charge in [-0.1, -0.05) is 33.1 Å². The third-order valence-corrected chi connectivity index (χ3v) is 4.04. The number of carbonyl (C=O) groups is 1. The normalized spacial score (nSPS) is 22.8. The maximum Gasteiger partial charge on any atom is 0.237 e. The lowest BCUT2D eigenvalue weighted by Gasteiger charge is -2.24. The van der Waals surface area contributed by atoms with Gasteiger partial charge in [-0.3, -0.25) is 4.79 Å². The molecule has 1 rings (SSSR count). The average Bonchev–Trinajstić information content (AvgIpc) is 2.80. The molecule has 3 atom stereocenters. The molecule has 3 heteroatoms. The van der Waals surface area contributed by atoms with Gasteiger partial charge in [0.25, 0.3) is 0 Å². The third kappa shape index (κ3) is 3.48. The molecule has 3 nitrogen and oxygen atoms in total. The number of rotatable bonds is 5. The summed E-state index contributed by atoms with van der Waals surface area (Å²) in [6.45, 7) is 6.21. The Morgan fingerprint density at radius 1 is 1.38 bits per heavy atom. The van der Waals surface area contributed by atoms with Gasteiger partial charge in [-0.15, -0.1) is 0 Å². The Hall–Kier alpha value is -0.570. The van der Waals surface area contributed by atoms with Gasteiger partial charge in [0.2, 0.25) is 5.91 Å². The summed E-state index contributed by atoms with van der Waals surface area (Å²) in [6.07, 6.45) is 6.07. The van der Waals surface area contributed by atoms with Crippen LogP contribution >= 0.6 is 0 Å². The van der Waals surface area contributed by atoms with E-state index in [4.69, 9.17) is 5.73 Å². The Bertz CT molecular complexity index is 224. The van der Waals surface area contributed by atoms with Crippen LogP contribution in [0.2, 0.25) is 0 Å². The van der Waals surface area contributed by atoms with E-state index in [1.165, 1.54) is 25.7 Å². The SMILES string of the molecule is CCC(C)C(N)C(=O)NC(C)C1CCCC1. The highest BCUT2D eigenvalue weighted by Crippen LogP contribution is 2.27. The second kappa shape index (κ2) is 6.24. The van der Waals surface area contributed by atoms with Crippen LogP contribution in [0.4, 0.5) is 0 Å². The fraction of sp³-hybridized carbons (Fsp3) is 0.923. The number of carbonyl (C=O) groups excluding carboxylic acids is 1. The van der Waals surface area contributed by atoms with Crippen LogP contribution < -0.4 is 11.1 Å². The number of amides is 1. The molecule has 0 radical (unpaired) electrons. The van der Waals surface area contributed by atoms with Gasteiger partial charge in [-0.05, 0) is 31.6 Å². The zero-order valence-electron chi connectivity index (χ0n) is 10.8. The van der Waals surface area contributed by atoms with E-state index in [0.29, 0.717) is 5.92 Å². The Balaban J connectivity index is 2.37. The summed E-state index contributed by atoms with van der Waals surface area (Å²) < 4.78 is 0. The van der Waals surface area contributed by atoms with Gasteiger partial charge in [0.05, 0.1) is 6.04 Å². The summed E-state index contributed by atoms with van der Waals surface area (Å²) in [5.41, 5.74) is 5.91. The standard InChI is InChI=1S/C13H26N2O/c1-4-9(2)12(14)13(16)15-10(3)11-7-5-6-8-11/h9-12H,4-8,14H2,1-3H3,(H,15,16). The number of hydrogen-bond acceptors (Lipinski definition) is 2. The molecule has 94 valence electrons. The monoisotopic (exact) mass is 226 g/mol. The maximum atomic E-state index is 11.9. The molecule has 1 aliphatic carbocycles. The lowest BCUT2D eigenvalue weighted by Crippen LogP contribution is -2.49. The van der Waals surface area contributed by atoms with Gasteiger partial charge in [0.15, 0.2) is 0 Å². The molecule has 16 heavy (non-hydrogen) atoms. The second-order valence-corrected chi connectivity index (χ2v) is 5.25. The van der Waals surface area contributed by atoms with Crippen molar-refractivity contribution in [3.05, 3.63) is 0 Å². The van der Waals surface area contributed by atoms with Gasteiger partial charge < -0.3 is 11.1 Å². The molecule has 1 aliphatic rings. The van der Waals surface area contributed by atoms with E-state index >= 15 is 0 Å². The van der Waals surface area contributed by atoms with Crippen molar-refractivity contribution in [1.29, 1.82) is 0 Å². The summed E-state index contributed by atoms with van der Waals surface area (Å²) in [4.78, 5) is 11.9. The molecule has 0 spiro atoms. The van der Waals surface area contributed by atoms with Crippen molar-refractivity contribution in [3.8, 4) is 0 Å². The van der Waals surface area contributed by atoms with Crippen LogP contribution in [0, 0.1) is 11.8 Å². The maximum absolute atomic E-state index is 11.9. The van der Waals surface area contributed by atoms with Crippen molar-refractivity contribution in [3.63, 3.8) is 0 Å². The summed E-state index contributed by atoms with van der Waals surface area (Å²) >= 11 is 0. The van der Waals surface area contributed by atoms with Crippen LogP contribution in [-0.2, 0) is 4.79 Å². The minimum atomic E-state index is -0.353. The van der Waals surface area contributed by atoms with Crippen LogP contribution in [0.15, 0.2) is 0 Å². The van der Waals surface area contributed by atoms with Crippen molar-refractivity contribution in [1.82, 2.24) is 5.32 Å². The zero-order chi connectivity index (χ0) is 12.1. The molecular weight excluding hydrogens is 200 g/mol. The van der Waals surface area contributed by atoms with E-state index in [1.54, 1.807) is 0 Å².